The van der Waals surface area contributed by atoms with Crippen molar-refractivity contribution in [1.29, 1.82) is 0 Å². The number of oxazole rings is 2. The van der Waals surface area contributed by atoms with Crippen LogP contribution in [-0.2, 0) is 16.2 Å². The van der Waals surface area contributed by atoms with E-state index in [0.717, 1.165) is 101 Å². The van der Waals surface area contributed by atoms with Crippen LogP contribution in [0.4, 0.5) is 34.1 Å². The molecule has 0 amide bonds. The Balaban J connectivity index is 1.23. The number of fused-ring (bicyclic) bond motifs is 7. The summed E-state index contributed by atoms with van der Waals surface area (Å²) < 4.78 is 14.9. The number of aromatic nitrogens is 2. The van der Waals surface area contributed by atoms with Crippen LogP contribution in [0.15, 0.2) is 251 Å². The number of hydrogen-bond donors (Lipinski definition) is 0. The van der Waals surface area contributed by atoms with Gasteiger partial charge in [0.05, 0.1) is 28.2 Å². The number of hydrogen-bond acceptors (Lipinski definition) is 6. The van der Waals surface area contributed by atoms with E-state index >= 15 is 0 Å². The molecule has 13 rings (SSSR count). The molecule has 1 aliphatic carbocycles. The zero-order valence-electron chi connectivity index (χ0n) is 44.2. The van der Waals surface area contributed by atoms with Gasteiger partial charge in [-0.1, -0.05) is 236 Å². The molecule has 6 nitrogen and oxygen atoms in total. The van der Waals surface area contributed by atoms with Gasteiger partial charge in [0.2, 0.25) is 11.8 Å². The van der Waals surface area contributed by atoms with Gasteiger partial charge in [0.25, 0.3) is 0 Å². The highest BCUT2D eigenvalue weighted by Crippen LogP contribution is 2.63. The Morgan fingerprint density at radius 3 is 1.01 bits per heavy atom. The maximum Gasteiger partial charge on any atom is 0.200 e. The molecular weight excluding hydrogens is 941 g/mol. The average molecular weight is 999 g/mol. The van der Waals surface area contributed by atoms with Crippen LogP contribution in [-0.4, -0.2) is 9.97 Å². The molecule has 0 saturated carbocycles. The third kappa shape index (κ3) is 7.85. The van der Waals surface area contributed by atoms with Crippen molar-refractivity contribution in [3.63, 3.8) is 0 Å². The molecule has 0 unspecified atom stereocenters. The molecule has 0 N–H and O–H groups in total. The van der Waals surface area contributed by atoms with Crippen molar-refractivity contribution in [2.24, 2.45) is 0 Å². The van der Waals surface area contributed by atoms with Crippen molar-refractivity contribution < 1.29 is 8.83 Å². The second kappa shape index (κ2) is 18.5. The van der Waals surface area contributed by atoms with E-state index in [9.17, 15) is 0 Å². The highest BCUT2D eigenvalue weighted by atomic mass is 16.4. The topological polar surface area (TPSA) is 58.5 Å². The zero-order chi connectivity index (χ0) is 52.5. The molecule has 0 saturated heterocycles. The van der Waals surface area contributed by atoms with E-state index in [0.29, 0.717) is 22.9 Å². The van der Waals surface area contributed by atoms with E-state index in [2.05, 4.69) is 294 Å². The fourth-order valence-electron chi connectivity index (χ4n) is 11.5. The average Bonchev–Trinajstić information content (AvgIpc) is 4.21. The minimum absolute atomic E-state index is 0.451. The minimum atomic E-state index is -0.953. The van der Waals surface area contributed by atoms with Crippen LogP contribution in [0.1, 0.15) is 75.6 Å². The van der Waals surface area contributed by atoms with E-state index in [1.807, 2.05) is 0 Å². The van der Waals surface area contributed by atoms with Crippen molar-refractivity contribution in [3.05, 3.63) is 277 Å². The third-order valence-corrected chi connectivity index (χ3v) is 15.0. The minimum Gasteiger partial charge on any atom is -0.439 e. The molecule has 374 valence electrons. The van der Waals surface area contributed by atoms with Gasteiger partial charge in [0.1, 0.15) is 11.0 Å². The lowest BCUT2D eigenvalue weighted by molar-refractivity contribution is 0.410. The van der Waals surface area contributed by atoms with Gasteiger partial charge in [0.15, 0.2) is 11.2 Å². The van der Waals surface area contributed by atoms with Crippen LogP contribution in [0.25, 0.3) is 55.6 Å². The summed E-state index contributed by atoms with van der Waals surface area (Å²) in [6.07, 6.45) is 0. The van der Waals surface area contributed by atoms with Gasteiger partial charge < -0.3 is 18.6 Å². The van der Waals surface area contributed by atoms with Crippen molar-refractivity contribution in [2.75, 3.05) is 9.80 Å². The van der Waals surface area contributed by atoms with Crippen molar-refractivity contribution in [3.8, 4) is 33.4 Å². The molecule has 77 heavy (non-hydrogen) atoms. The lowest BCUT2D eigenvalue weighted by Gasteiger charge is -2.36. The highest BCUT2D eigenvalue weighted by molar-refractivity contribution is 6.15. The number of benzene rings is 10. The molecule has 2 aromatic heterocycles. The first-order valence-electron chi connectivity index (χ1n) is 26.6. The summed E-state index contributed by atoms with van der Waals surface area (Å²) in [5, 5.41) is 0. The first-order chi connectivity index (χ1) is 37.5. The quantitative estimate of drug-likeness (QED) is 0.136. The fraction of sp³-hybridized carbons (Fsp3) is 0.127. The van der Waals surface area contributed by atoms with Crippen molar-refractivity contribution in [1.82, 2.24) is 9.97 Å². The maximum atomic E-state index is 7.47. The monoisotopic (exact) mass is 998 g/mol. The summed E-state index contributed by atoms with van der Waals surface area (Å²) in [5.74, 6) is 1.28. The predicted molar refractivity (Wildman–Crippen MR) is 317 cm³/mol. The van der Waals surface area contributed by atoms with Crippen LogP contribution in [0, 0.1) is 0 Å². The largest absolute Gasteiger partial charge is 0.439 e. The SMILES string of the molecule is CC(C)(C)c1nc2c(N(c3ccccc3)c3ccccc3-c3ccccc3)cc3c(c2o1)-c1c(cc(N(c2ccccc2)c2ccccc2-c2ccccc2)c2nc(C(C)(C)C)oc12)C3(c1ccccc1)c1ccccc1. The highest BCUT2D eigenvalue weighted by Gasteiger charge is 2.51. The molecule has 10 aromatic carbocycles. The van der Waals surface area contributed by atoms with E-state index < -0.39 is 16.2 Å². The summed E-state index contributed by atoms with van der Waals surface area (Å²) in [4.78, 5) is 16.0. The Bertz CT molecular complexity index is 3830. The van der Waals surface area contributed by atoms with Crippen LogP contribution >= 0.6 is 0 Å². The van der Waals surface area contributed by atoms with Gasteiger partial charge in [-0.15, -0.1) is 0 Å². The summed E-state index contributed by atoms with van der Waals surface area (Å²) >= 11 is 0. The van der Waals surface area contributed by atoms with E-state index in [1.165, 1.54) is 0 Å². The lowest BCUT2D eigenvalue weighted by Crippen LogP contribution is -2.29. The van der Waals surface area contributed by atoms with Crippen molar-refractivity contribution in [2.45, 2.75) is 57.8 Å². The zero-order valence-corrected chi connectivity index (χ0v) is 44.2. The standard InChI is InChI=1S/C71H58N4O2/c1-69(2,3)67-72-63-59(74(51-37-21-11-22-38-51)57-43-27-25-41-53(57)47-29-13-7-14-30-47)45-55-61(65(63)76-67)62-56(71(55,49-33-17-9-18-34-49)50-35-19-10-20-36-50)46-60(64-66(62)77-68(73-64)70(4,5)6)75(52-39-23-12-24-40-52)58-44-28-26-42-54(58)48-31-15-8-16-32-48/h7-46H,1-6H3. The molecule has 0 aliphatic heterocycles. The summed E-state index contributed by atoms with van der Waals surface area (Å²) in [6, 6.07) is 86.8. The van der Waals surface area contributed by atoms with Crippen LogP contribution in [0.2, 0.25) is 0 Å². The normalized spacial score (nSPS) is 12.9. The van der Waals surface area contributed by atoms with E-state index in [1.54, 1.807) is 0 Å². The Kier molecular flexibility index (Phi) is 11.4. The van der Waals surface area contributed by atoms with Gasteiger partial charge >= 0.3 is 0 Å². The van der Waals surface area contributed by atoms with Crippen LogP contribution in [0.3, 0.4) is 0 Å². The lowest BCUT2D eigenvalue weighted by atomic mass is 9.67. The van der Waals surface area contributed by atoms with Gasteiger partial charge in [-0.2, -0.15) is 0 Å². The maximum absolute atomic E-state index is 7.47. The Morgan fingerprint density at radius 2 is 0.662 bits per heavy atom. The molecular formula is C71H58N4O2. The molecule has 0 spiro atoms. The summed E-state index contributed by atoms with van der Waals surface area (Å²) in [7, 11) is 0. The first kappa shape index (κ1) is 47.5. The Labute approximate surface area is 450 Å². The molecule has 1 aliphatic rings. The number of nitrogens with zero attached hydrogens (tertiary/aromatic N) is 4. The number of rotatable bonds is 10. The number of para-hydroxylation sites is 4. The summed E-state index contributed by atoms with van der Waals surface area (Å²) in [5.41, 5.74) is 17.4. The fourth-order valence-corrected chi connectivity index (χ4v) is 11.5. The molecule has 0 bridgehead atoms. The van der Waals surface area contributed by atoms with Crippen LogP contribution in [0.5, 0.6) is 0 Å². The van der Waals surface area contributed by atoms with E-state index in [-0.39, 0.29) is 0 Å². The molecule has 0 radical (unpaired) electrons. The van der Waals surface area contributed by atoms with E-state index in [4.69, 9.17) is 18.8 Å². The first-order valence-corrected chi connectivity index (χ1v) is 26.6. The van der Waals surface area contributed by atoms with Gasteiger partial charge in [-0.25, -0.2) is 9.97 Å². The molecule has 0 fully saturated rings. The Morgan fingerprint density at radius 1 is 0.351 bits per heavy atom. The van der Waals surface area contributed by atoms with Gasteiger partial charge in [-0.05, 0) is 81.9 Å². The molecule has 0 atom stereocenters. The second-order valence-corrected chi connectivity index (χ2v) is 22.1. The Hall–Kier alpha value is -9.26. The molecule has 2 heterocycles. The third-order valence-electron chi connectivity index (χ3n) is 15.0. The number of anilines is 6. The van der Waals surface area contributed by atoms with Crippen LogP contribution < -0.4 is 9.80 Å². The smallest absolute Gasteiger partial charge is 0.200 e. The summed E-state index contributed by atoms with van der Waals surface area (Å²) in [6.45, 7) is 13.0. The van der Waals surface area contributed by atoms with Crippen molar-refractivity contribution >= 4 is 56.3 Å². The molecule has 12 aromatic rings. The van der Waals surface area contributed by atoms with Gasteiger partial charge in [-0.3, -0.25) is 0 Å². The second-order valence-electron chi connectivity index (χ2n) is 22.1. The predicted octanol–water partition coefficient (Wildman–Crippen LogP) is 19.2. The van der Waals surface area contributed by atoms with Gasteiger partial charge in [0, 0.05) is 44.5 Å². The molecule has 6 heteroatoms.